The van der Waals surface area contributed by atoms with Gasteiger partial charge in [0.25, 0.3) is 0 Å². The first-order valence-corrected chi connectivity index (χ1v) is 8.84. The van der Waals surface area contributed by atoms with Crippen molar-refractivity contribution in [1.29, 1.82) is 0 Å². The number of rotatable bonds is 4. The molecule has 0 fully saturated rings. The Kier molecular flexibility index (Phi) is 4.14. The quantitative estimate of drug-likeness (QED) is 0.687. The number of benzene rings is 2. The van der Waals surface area contributed by atoms with E-state index in [1.54, 1.807) is 18.2 Å². The van der Waals surface area contributed by atoms with E-state index in [0.717, 1.165) is 33.3 Å². The Labute approximate surface area is 153 Å². The topological polar surface area (TPSA) is 80.3 Å². The molecule has 130 valence electrons. The Hall–Kier alpha value is -3.19. The molecule has 0 radical (unpaired) electrons. The molecule has 0 atom stereocenters. The van der Waals surface area contributed by atoms with Crippen LogP contribution in [-0.2, 0) is 16.0 Å². The molecule has 7 heteroatoms. The van der Waals surface area contributed by atoms with E-state index >= 15 is 0 Å². The maximum absolute atomic E-state index is 11.6. The summed E-state index contributed by atoms with van der Waals surface area (Å²) in [6.07, 6.45) is 0.402. The molecule has 6 nitrogen and oxygen atoms in total. The Morgan fingerprint density at radius 1 is 1.27 bits per heavy atom. The molecule has 0 unspecified atom stereocenters. The number of ether oxygens (including phenoxy) is 1. The van der Waals surface area contributed by atoms with Gasteiger partial charge in [0.2, 0.25) is 5.91 Å². The van der Waals surface area contributed by atoms with Crippen LogP contribution in [0.5, 0.6) is 0 Å². The molecule has 0 spiro atoms. The molecule has 0 bridgehead atoms. The molecule has 3 aromatic rings. The first-order valence-electron chi connectivity index (χ1n) is 7.96. The average Bonchev–Trinajstić information content (AvgIpc) is 3.26. The van der Waals surface area contributed by atoms with Crippen LogP contribution in [0.1, 0.15) is 15.9 Å². The number of nitrogens with one attached hydrogen (secondary N) is 2. The fourth-order valence-corrected chi connectivity index (χ4v) is 3.56. The van der Waals surface area contributed by atoms with E-state index in [2.05, 4.69) is 15.6 Å². The molecule has 0 aliphatic carbocycles. The molecule has 1 aliphatic heterocycles. The van der Waals surface area contributed by atoms with Crippen LogP contribution >= 0.6 is 11.3 Å². The van der Waals surface area contributed by atoms with Gasteiger partial charge in [0.1, 0.15) is 0 Å². The van der Waals surface area contributed by atoms with E-state index in [1.807, 2.05) is 29.6 Å². The standard InChI is InChI=1S/C19H15N3O3S/c1-25-18(24)12-3-2-4-14(8-12)20-19-22-16(10-26-19)11-5-6-15-13(7-11)9-17(23)21-15/h2-8,10H,9H2,1H3,(H,20,22)(H,21,23). The third-order valence-corrected chi connectivity index (χ3v) is 4.82. The molecule has 4 rings (SSSR count). The van der Waals surface area contributed by atoms with Crippen molar-refractivity contribution in [3.8, 4) is 11.3 Å². The lowest BCUT2D eigenvalue weighted by Crippen LogP contribution is -2.03. The van der Waals surface area contributed by atoms with E-state index < -0.39 is 0 Å². The van der Waals surface area contributed by atoms with Crippen molar-refractivity contribution >= 4 is 39.7 Å². The number of carbonyl (C=O) groups is 2. The molecule has 2 aromatic carbocycles. The van der Waals surface area contributed by atoms with Crippen molar-refractivity contribution in [2.75, 3.05) is 17.7 Å². The Morgan fingerprint density at radius 3 is 3.00 bits per heavy atom. The van der Waals surface area contributed by atoms with Crippen LogP contribution in [0, 0.1) is 0 Å². The van der Waals surface area contributed by atoms with Gasteiger partial charge >= 0.3 is 5.97 Å². The van der Waals surface area contributed by atoms with Crippen LogP contribution in [0.2, 0.25) is 0 Å². The highest BCUT2D eigenvalue weighted by atomic mass is 32.1. The third-order valence-electron chi connectivity index (χ3n) is 4.07. The fourth-order valence-electron chi connectivity index (χ4n) is 2.82. The van der Waals surface area contributed by atoms with Crippen LogP contribution in [0.25, 0.3) is 11.3 Å². The zero-order chi connectivity index (χ0) is 18.1. The van der Waals surface area contributed by atoms with E-state index in [1.165, 1.54) is 18.4 Å². The minimum absolute atomic E-state index is 0.0169. The minimum atomic E-state index is -0.380. The van der Waals surface area contributed by atoms with Crippen LogP contribution in [0.4, 0.5) is 16.5 Å². The van der Waals surface area contributed by atoms with Gasteiger partial charge in [-0.2, -0.15) is 0 Å². The maximum atomic E-state index is 11.6. The zero-order valence-electron chi connectivity index (χ0n) is 13.9. The van der Waals surface area contributed by atoms with Gasteiger partial charge in [0, 0.05) is 22.3 Å². The lowest BCUT2D eigenvalue weighted by molar-refractivity contribution is -0.115. The van der Waals surface area contributed by atoms with Crippen molar-refractivity contribution in [1.82, 2.24) is 4.98 Å². The number of anilines is 3. The Balaban J connectivity index is 1.55. The summed E-state index contributed by atoms with van der Waals surface area (Å²) in [5.74, 6) is -0.363. The van der Waals surface area contributed by atoms with Gasteiger partial charge in [-0.15, -0.1) is 11.3 Å². The smallest absolute Gasteiger partial charge is 0.337 e. The summed E-state index contributed by atoms with van der Waals surface area (Å²) < 4.78 is 4.74. The Bertz CT molecular complexity index is 1010. The molecule has 2 N–H and O–H groups in total. The van der Waals surface area contributed by atoms with E-state index in [0.29, 0.717) is 12.0 Å². The lowest BCUT2D eigenvalue weighted by atomic mass is 10.1. The first kappa shape index (κ1) is 16.3. The molecule has 0 saturated carbocycles. The second-order valence-electron chi connectivity index (χ2n) is 5.83. The SMILES string of the molecule is COC(=O)c1cccc(Nc2nc(-c3ccc4c(c3)CC(=O)N4)cs2)c1. The molecule has 0 saturated heterocycles. The highest BCUT2D eigenvalue weighted by Crippen LogP contribution is 2.31. The lowest BCUT2D eigenvalue weighted by Gasteiger charge is -2.05. The second kappa shape index (κ2) is 6.61. The predicted octanol–water partition coefficient (Wildman–Crippen LogP) is 3.83. The van der Waals surface area contributed by atoms with Gasteiger partial charge in [-0.1, -0.05) is 12.1 Å². The second-order valence-corrected chi connectivity index (χ2v) is 6.69. The monoisotopic (exact) mass is 365 g/mol. The summed E-state index contributed by atoms with van der Waals surface area (Å²) in [5.41, 5.74) is 4.90. The number of hydrogen-bond acceptors (Lipinski definition) is 6. The first-order chi connectivity index (χ1) is 12.6. The van der Waals surface area contributed by atoms with Crippen molar-refractivity contribution in [2.24, 2.45) is 0 Å². The average molecular weight is 365 g/mol. The highest BCUT2D eigenvalue weighted by molar-refractivity contribution is 7.14. The Morgan fingerprint density at radius 2 is 2.15 bits per heavy atom. The van der Waals surface area contributed by atoms with Crippen molar-refractivity contribution in [3.63, 3.8) is 0 Å². The normalized spacial score (nSPS) is 12.4. The van der Waals surface area contributed by atoms with Crippen molar-refractivity contribution in [3.05, 3.63) is 59.0 Å². The van der Waals surface area contributed by atoms with Gasteiger partial charge < -0.3 is 15.4 Å². The number of methoxy groups -OCH3 is 1. The van der Waals surface area contributed by atoms with Crippen LogP contribution < -0.4 is 10.6 Å². The molecule has 1 aliphatic rings. The summed E-state index contributed by atoms with van der Waals surface area (Å²) in [6.45, 7) is 0. The molecule has 1 aromatic heterocycles. The molecular formula is C19H15N3O3S. The van der Waals surface area contributed by atoms with E-state index in [-0.39, 0.29) is 11.9 Å². The van der Waals surface area contributed by atoms with E-state index in [9.17, 15) is 9.59 Å². The summed E-state index contributed by atoms with van der Waals surface area (Å²) >= 11 is 1.47. The minimum Gasteiger partial charge on any atom is -0.465 e. The summed E-state index contributed by atoms with van der Waals surface area (Å²) in [6, 6.07) is 12.9. The number of esters is 1. The summed E-state index contributed by atoms with van der Waals surface area (Å²) in [5, 5.41) is 8.71. The van der Waals surface area contributed by atoms with Crippen molar-refractivity contribution in [2.45, 2.75) is 6.42 Å². The van der Waals surface area contributed by atoms with E-state index in [4.69, 9.17) is 4.74 Å². The van der Waals surface area contributed by atoms with Gasteiger partial charge in [-0.05, 0) is 35.9 Å². The summed E-state index contributed by atoms with van der Waals surface area (Å²) in [7, 11) is 1.36. The number of fused-ring (bicyclic) bond motifs is 1. The molecule has 1 amide bonds. The number of carbonyl (C=O) groups excluding carboxylic acids is 2. The highest BCUT2D eigenvalue weighted by Gasteiger charge is 2.18. The number of nitrogens with zero attached hydrogens (tertiary/aromatic N) is 1. The number of amides is 1. The van der Waals surface area contributed by atoms with Gasteiger partial charge in [0.15, 0.2) is 5.13 Å². The number of thiazole rings is 1. The maximum Gasteiger partial charge on any atom is 0.337 e. The zero-order valence-corrected chi connectivity index (χ0v) is 14.7. The van der Waals surface area contributed by atoms with Gasteiger partial charge in [-0.25, -0.2) is 9.78 Å². The van der Waals surface area contributed by atoms with Gasteiger partial charge in [-0.3, -0.25) is 4.79 Å². The predicted molar refractivity (Wildman–Crippen MR) is 101 cm³/mol. The van der Waals surface area contributed by atoms with Gasteiger partial charge in [0.05, 0.1) is 24.8 Å². The molecule has 2 heterocycles. The van der Waals surface area contributed by atoms with Crippen LogP contribution in [0.15, 0.2) is 47.8 Å². The van der Waals surface area contributed by atoms with Crippen LogP contribution in [-0.4, -0.2) is 24.0 Å². The van der Waals surface area contributed by atoms with Crippen molar-refractivity contribution < 1.29 is 14.3 Å². The number of aromatic nitrogens is 1. The third kappa shape index (κ3) is 3.16. The fraction of sp³-hybridized carbons (Fsp3) is 0.105. The van der Waals surface area contributed by atoms with Crippen LogP contribution in [0.3, 0.4) is 0 Å². The molecule has 26 heavy (non-hydrogen) atoms. The number of hydrogen-bond donors (Lipinski definition) is 2. The largest absolute Gasteiger partial charge is 0.465 e. The summed E-state index contributed by atoms with van der Waals surface area (Å²) in [4.78, 5) is 27.7. The molecular weight excluding hydrogens is 350 g/mol.